The van der Waals surface area contributed by atoms with Crippen molar-refractivity contribution in [3.63, 3.8) is 0 Å². The van der Waals surface area contributed by atoms with Crippen molar-refractivity contribution in [1.82, 2.24) is 25.3 Å². The number of imide groups is 1. The van der Waals surface area contributed by atoms with Crippen LogP contribution in [0.5, 0.6) is 28.7 Å². The quantitative estimate of drug-likeness (QED) is 0.0380. The number of amides is 7. The van der Waals surface area contributed by atoms with Gasteiger partial charge in [0.05, 0.1) is 174 Å². The zero-order valence-corrected chi connectivity index (χ0v) is 63.5. The summed E-state index contributed by atoms with van der Waals surface area (Å²) in [7, 11) is 2.98. The molecular formula is C79H111N7O23. The van der Waals surface area contributed by atoms with E-state index >= 15 is 0 Å². The minimum atomic E-state index is -1.47. The molecule has 5 aliphatic heterocycles. The van der Waals surface area contributed by atoms with E-state index < -0.39 is 48.6 Å². The molecule has 6 atom stereocenters. The van der Waals surface area contributed by atoms with Crippen LogP contribution in [0.2, 0.25) is 0 Å². The molecule has 0 aliphatic carbocycles. The molecule has 0 spiro atoms. The third-order valence-electron chi connectivity index (χ3n) is 18.6. The number of fused-ring (bicyclic) bond motifs is 4. The van der Waals surface area contributed by atoms with Gasteiger partial charge in [-0.05, 0) is 88.6 Å². The van der Waals surface area contributed by atoms with Gasteiger partial charge >= 0.3 is 0 Å². The first-order chi connectivity index (χ1) is 52.1. The number of nitrogens with zero attached hydrogens (tertiary/aromatic N) is 5. The van der Waals surface area contributed by atoms with Gasteiger partial charge in [0.1, 0.15) is 11.5 Å². The van der Waals surface area contributed by atoms with E-state index in [-0.39, 0.29) is 142 Å². The molecule has 5 aliphatic rings. The Bertz CT molecular complexity index is 3620. The van der Waals surface area contributed by atoms with Crippen LogP contribution in [0.1, 0.15) is 133 Å². The number of aliphatic hydroxyl groups is 1. The molecule has 1 fully saturated rings. The van der Waals surface area contributed by atoms with Crippen molar-refractivity contribution in [2.24, 2.45) is 22.7 Å². The highest BCUT2D eigenvalue weighted by atomic mass is 16.6. The van der Waals surface area contributed by atoms with E-state index in [1.165, 1.54) is 36.2 Å². The Labute approximate surface area is 638 Å². The summed E-state index contributed by atoms with van der Waals surface area (Å²) in [5.41, 5.74) is 3.75. The fraction of sp³-hybridized carbons (Fsp3) is 0.595. The number of Topliss-reactive ketones (excluding diaryl/α,β-unsaturated/α-hetero) is 2. The smallest absolute Gasteiger partial charge is 0.267 e. The third-order valence-corrected chi connectivity index (χ3v) is 18.6. The topological polar surface area (TPSA) is 343 Å². The van der Waals surface area contributed by atoms with E-state index in [4.69, 9.17) is 61.6 Å². The average Bonchev–Trinajstić information content (AvgIpc) is 1.58. The summed E-state index contributed by atoms with van der Waals surface area (Å²) < 4.78 is 73.9. The number of ketones is 2. The van der Waals surface area contributed by atoms with E-state index in [1.54, 1.807) is 67.6 Å². The van der Waals surface area contributed by atoms with Crippen molar-refractivity contribution in [2.45, 2.75) is 138 Å². The lowest BCUT2D eigenvalue weighted by molar-refractivity contribution is -0.139. The number of aliphatic hydroxyl groups excluding tert-OH is 1. The molecule has 1 unspecified atom stereocenters. The van der Waals surface area contributed by atoms with Crippen molar-refractivity contribution in [1.29, 1.82) is 0 Å². The molecule has 1 saturated heterocycles. The minimum Gasteiger partial charge on any atom is -0.493 e. The fourth-order valence-corrected chi connectivity index (χ4v) is 12.6. The maximum atomic E-state index is 14.4. The van der Waals surface area contributed by atoms with E-state index in [2.05, 4.69) is 15.6 Å². The maximum absolute atomic E-state index is 14.4. The minimum absolute atomic E-state index is 0. The first-order valence-electron chi connectivity index (χ1n) is 37.2. The average molecular weight is 1530 g/mol. The van der Waals surface area contributed by atoms with Crippen molar-refractivity contribution in [2.75, 3.05) is 158 Å². The Morgan fingerprint density at radius 2 is 1.14 bits per heavy atom. The Hall–Kier alpha value is -8.72. The number of rotatable bonds is 51. The molecule has 7 amide bonds. The van der Waals surface area contributed by atoms with Crippen LogP contribution in [0.15, 0.2) is 77.1 Å². The van der Waals surface area contributed by atoms with Gasteiger partial charge in [-0.3, -0.25) is 57.9 Å². The van der Waals surface area contributed by atoms with Crippen molar-refractivity contribution >= 4 is 70.5 Å². The number of ether oxygens (including phenoxy) is 13. The van der Waals surface area contributed by atoms with Crippen LogP contribution < -0.4 is 39.2 Å². The molecule has 0 radical (unpaired) electrons. The molecule has 3 aromatic rings. The van der Waals surface area contributed by atoms with Gasteiger partial charge in [-0.25, -0.2) is 0 Å². The lowest BCUT2D eigenvalue weighted by Gasteiger charge is -2.32. The van der Waals surface area contributed by atoms with Crippen LogP contribution in [0.25, 0.3) is 0 Å². The number of unbranched alkanes of at least 4 members (excludes halogenated alkanes) is 2. The summed E-state index contributed by atoms with van der Waals surface area (Å²) in [6.45, 7) is 17.0. The lowest BCUT2D eigenvalue weighted by atomic mass is 9.88. The lowest BCUT2D eigenvalue weighted by Crippen LogP contribution is -2.51. The summed E-state index contributed by atoms with van der Waals surface area (Å²) in [6.07, 6.45) is 7.18. The van der Waals surface area contributed by atoms with Gasteiger partial charge in [0.2, 0.25) is 23.6 Å². The number of benzene rings is 3. The van der Waals surface area contributed by atoms with Gasteiger partial charge in [-0.1, -0.05) is 51.5 Å². The second kappa shape index (κ2) is 45.4. The van der Waals surface area contributed by atoms with Crippen molar-refractivity contribution < 1.29 is 110 Å². The summed E-state index contributed by atoms with van der Waals surface area (Å²) in [4.78, 5) is 128. The largest absolute Gasteiger partial charge is 0.493 e. The Kier molecular flexibility index (Phi) is 36.5. The summed E-state index contributed by atoms with van der Waals surface area (Å²) in [6, 6.07) is 11.2. The number of hydrogen-bond donors (Lipinski definition) is 3. The molecule has 0 bridgehead atoms. The molecule has 30 nitrogen and oxygen atoms in total. The van der Waals surface area contributed by atoms with Crippen LogP contribution in [-0.2, 0) is 77.9 Å². The third kappa shape index (κ3) is 26.5. The van der Waals surface area contributed by atoms with Crippen molar-refractivity contribution in [3.05, 3.63) is 88.8 Å². The molecule has 109 heavy (non-hydrogen) atoms. The Morgan fingerprint density at radius 3 is 1.70 bits per heavy atom. The first-order valence-corrected chi connectivity index (χ1v) is 37.2. The first kappa shape index (κ1) is 87.5. The fourth-order valence-electron chi connectivity index (χ4n) is 12.6. The highest BCUT2D eigenvalue weighted by molar-refractivity contribution is 6.08. The van der Waals surface area contributed by atoms with E-state index in [9.17, 15) is 48.3 Å². The van der Waals surface area contributed by atoms with Gasteiger partial charge in [-0.2, -0.15) is 0 Å². The molecule has 3 N–H and O–H groups in total. The number of carbonyl (C=O) groups is 9. The van der Waals surface area contributed by atoms with Gasteiger partial charge < -0.3 is 87.1 Å². The number of aliphatic imine (C=N–C) groups is 1. The Morgan fingerprint density at radius 1 is 0.606 bits per heavy atom. The van der Waals surface area contributed by atoms with E-state index in [0.29, 0.717) is 165 Å². The number of methoxy groups -OCH3 is 2. The highest BCUT2D eigenvalue weighted by Gasteiger charge is 2.45. The number of anilines is 1. The van der Waals surface area contributed by atoms with Crippen molar-refractivity contribution in [3.8, 4) is 28.7 Å². The zero-order chi connectivity index (χ0) is 77.5. The maximum Gasteiger partial charge on any atom is 0.267 e. The number of hydrogen-bond acceptors (Lipinski definition) is 24. The SMILES string of the molecule is C.COc1cc2c(cc1OCCCCCOc1cc3c(cc1OC)C(=O)N1C=C(C)C[C@H]1[C@H](O)N3C(=O)COc1ccc(CC(=O)[C@H](C)NC(=O)[C@@H](CC(=O)CCOCCOCCOCCOCCOCCOCCOCCOCCNC(=O)CCN3C(=O)CC(C)C3=O)C(C)C)cc1)N=C[C@@H]1CC(C)=CN1C2=O. The molecular weight excluding hydrogens is 1410 g/mol. The van der Waals surface area contributed by atoms with Crippen LogP contribution in [0.4, 0.5) is 11.4 Å². The van der Waals surface area contributed by atoms with Crippen LogP contribution in [0.3, 0.4) is 0 Å². The van der Waals surface area contributed by atoms with E-state index in [0.717, 1.165) is 22.5 Å². The van der Waals surface area contributed by atoms with E-state index in [1.807, 2.05) is 33.9 Å². The standard InChI is InChI=1S/C78H107N7O23.CH4/c1-51(2)60(42-58(86)17-22-98-24-26-100-28-30-102-32-34-104-36-37-105-35-33-103-31-29-101-27-25-99-23-18-79-71(88)16-19-82-72(89)40-54(5)75(82)92)74(91)81-55(6)66(87)41-56-12-14-59(15-13-56)108-50-73(90)85-64-46-70(68(97-8)44-62(64)77(94)84-49-53(4)39-65(84)78(85)95)107-21-11-9-10-20-106-69-45-63-61(43-67(69)96-7)76(93)83-48-52(3)38-57(83)47-80-63;/h12-15,43-49,51,54-55,57,60,65,78,95H,9-11,16-42,50H2,1-8H3,(H,79,88)(H,81,91);1H4/t54?,55-,57-,60-,65-,78-;/m0./s1. The summed E-state index contributed by atoms with van der Waals surface area (Å²) >= 11 is 0. The van der Waals surface area contributed by atoms with Crippen LogP contribution in [0, 0.1) is 17.8 Å². The van der Waals surface area contributed by atoms with Crippen LogP contribution in [-0.4, -0.2) is 256 Å². The Balaban J connectivity index is 0.0000165. The normalized spacial score (nSPS) is 17.7. The highest BCUT2D eigenvalue weighted by Crippen LogP contribution is 2.43. The monoisotopic (exact) mass is 1530 g/mol. The second-order valence-electron chi connectivity index (χ2n) is 27.3. The molecule has 600 valence electrons. The number of nitrogens with one attached hydrogen (secondary N) is 2. The van der Waals surface area contributed by atoms with Gasteiger partial charge in [-0.15, -0.1) is 0 Å². The zero-order valence-electron chi connectivity index (χ0n) is 63.5. The molecule has 0 saturated carbocycles. The predicted molar refractivity (Wildman–Crippen MR) is 401 cm³/mol. The number of likely N-dealkylation sites (tertiary alicyclic amines) is 1. The van der Waals surface area contributed by atoms with Crippen LogP contribution >= 0.6 is 0 Å². The number of carbonyl (C=O) groups excluding carboxylic acids is 9. The van der Waals surface area contributed by atoms with Gasteiger partial charge in [0, 0.05) is 87.8 Å². The predicted octanol–water partition coefficient (Wildman–Crippen LogP) is 6.94. The molecule has 3 aromatic carbocycles. The molecule has 8 rings (SSSR count). The summed E-state index contributed by atoms with van der Waals surface area (Å²) in [5.74, 6) is -2.22. The molecule has 5 heterocycles. The molecule has 0 aromatic heterocycles. The van der Waals surface area contributed by atoms with Gasteiger partial charge in [0.25, 0.3) is 17.7 Å². The second-order valence-corrected chi connectivity index (χ2v) is 27.3. The van der Waals surface area contributed by atoms with Gasteiger partial charge in [0.15, 0.2) is 41.6 Å². The summed E-state index contributed by atoms with van der Waals surface area (Å²) in [5, 5.41) is 17.5. The molecule has 30 heteroatoms.